The predicted octanol–water partition coefficient (Wildman–Crippen LogP) is 4.94. The standard InChI is InChI=1S/C26H22BrNO7/c1-3-10-34-17-8-6-15(7-9-17)23(29)21-22(16-12-19(27)24(30)20(13-16)33-2)28(26(32)25(21)31)14-18-5-4-11-35-18/h3-9,11-13,22,29-30H,1,10,14H2,2H3/t22-/m0/s1. The number of carbonyl (C=O) groups excluding carboxylic acids is 2. The molecule has 0 saturated carbocycles. The van der Waals surface area contributed by atoms with Gasteiger partial charge >= 0.3 is 0 Å². The third-order valence-electron chi connectivity index (χ3n) is 5.53. The van der Waals surface area contributed by atoms with Gasteiger partial charge in [-0.15, -0.1) is 0 Å². The Labute approximate surface area is 209 Å². The van der Waals surface area contributed by atoms with Gasteiger partial charge in [-0.05, 0) is 70.0 Å². The highest BCUT2D eigenvalue weighted by Crippen LogP contribution is 2.45. The number of methoxy groups -OCH3 is 1. The lowest BCUT2D eigenvalue weighted by Gasteiger charge is -2.25. The zero-order valence-corrected chi connectivity index (χ0v) is 20.3. The van der Waals surface area contributed by atoms with E-state index in [1.165, 1.54) is 24.3 Å². The summed E-state index contributed by atoms with van der Waals surface area (Å²) in [6, 6.07) is 12.0. The molecule has 3 aromatic rings. The van der Waals surface area contributed by atoms with E-state index in [1.54, 1.807) is 48.5 Å². The Morgan fingerprint density at radius 1 is 1.23 bits per heavy atom. The van der Waals surface area contributed by atoms with E-state index in [0.717, 1.165) is 0 Å². The number of Topliss-reactive ketones (excluding diaryl/α,β-unsaturated/α-hetero) is 1. The van der Waals surface area contributed by atoms with Gasteiger partial charge in [-0.25, -0.2) is 0 Å². The van der Waals surface area contributed by atoms with Gasteiger partial charge in [0.2, 0.25) is 0 Å². The number of aliphatic hydroxyl groups excluding tert-OH is 1. The zero-order valence-electron chi connectivity index (χ0n) is 18.7. The van der Waals surface area contributed by atoms with Crippen LogP contribution in [0.5, 0.6) is 17.2 Å². The molecule has 0 radical (unpaired) electrons. The molecule has 2 aromatic carbocycles. The van der Waals surface area contributed by atoms with Crippen LogP contribution in [0.15, 0.2) is 81.9 Å². The number of halogens is 1. The zero-order chi connectivity index (χ0) is 25.1. The van der Waals surface area contributed by atoms with Crippen LogP contribution in [-0.4, -0.2) is 40.5 Å². The number of hydrogen-bond donors (Lipinski definition) is 2. The summed E-state index contributed by atoms with van der Waals surface area (Å²) in [6.45, 7) is 3.92. The minimum atomic E-state index is -0.970. The maximum absolute atomic E-state index is 13.2. The van der Waals surface area contributed by atoms with Crippen molar-refractivity contribution >= 4 is 33.4 Å². The average Bonchev–Trinajstić information content (AvgIpc) is 3.46. The molecule has 0 spiro atoms. The Hall–Kier alpha value is -3.98. The Balaban J connectivity index is 1.85. The molecule has 2 heterocycles. The summed E-state index contributed by atoms with van der Waals surface area (Å²) in [7, 11) is 1.39. The normalized spacial score (nSPS) is 17.0. The summed E-state index contributed by atoms with van der Waals surface area (Å²) in [6.07, 6.45) is 3.08. The second-order valence-corrected chi connectivity index (χ2v) is 8.54. The average molecular weight is 540 g/mol. The lowest BCUT2D eigenvalue weighted by Crippen LogP contribution is -2.29. The van der Waals surface area contributed by atoms with E-state index >= 15 is 0 Å². The second kappa shape index (κ2) is 10.1. The van der Waals surface area contributed by atoms with Crippen molar-refractivity contribution in [3.05, 3.63) is 94.4 Å². The van der Waals surface area contributed by atoms with E-state index in [0.29, 0.717) is 33.7 Å². The van der Waals surface area contributed by atoms with Gasteiger partial charge in [0.15, 0.2) is 11.5 Å². The highest BCUT2D eigenvalue weighted by atomic mass is 79.9. The van der Waals surface area contributed by atoms with Gasteiger partial charge in [-0.3, -0.25) is 9.59 Å². The van der Waals surface area contributed by atoms with Crippen molar-refractivity contribution in [2.75, 3.05) is 13.7 Å². The summed E-state index contributed by atoms with van der Waals surface area (Å²) < 4.78 is 16.4. The van der Waals surface area contributed by atoms with Gasteiger partial charge < -0.3 is 29.0 Å². The van der Waals surface area contributed by atoms with Crippen molar-refractivity contribution in [3.63, 3.8) is 0 Å². The first-order valence-electron chi connectivity index (χ1n) is 10.6. The van der Waals surface area contributed by atoms with Crippen molar-refractivity contribution in [3.8, 4) is 17.2 Å². The molecule has 1 saturated heterocycles. The highest BCUT2D eigenvalue weighted by molar-refractivity contribution is 9.10. The molecule has 0 aliphatic carbocycles. The van der Waals surface area contributed by atoms with E-state index in [4.69, 9.17) is 13.9 Å². The van der Waals surface area contributed by atoms with E-state index in [1.807, 2.05) is 0 Å². The molecule has 1 aromatic heterocycles. The van der Waals surface area contributed by atoms with E-state index in [2.05, 4.69) is 22.5 Å². The molecule has 9 heteroatoms. The Morgan fingerprint density at radius 3 is 2.60 bits per heavy atom. The lowest BCUT2D eigenvalue weighted by atomic mass is 9.95. The molecule has 180 valence electrons. The fraction of sp³-hybridized carbons (Fsp3) is 0.154. The van der Waals surface area contributed by atoms with Crippen LogP contribution in [0.25, 0.3) is 5.76 Å². The first-order chi connectivity index (χ1) is 16.8. The van der Waals surface area contributed by atoms with Crippen molar-refractivity contribution in [2.45, 2.75) is 12.6 Å². The molecule has 1 amide bonds. The minimum absolute atomic E-state index is 0.00579. The van der Waals surface area contributed by atoms with Crippen LogP contribution in [0.2, 0.25) is 0 Å². The topological polar surface area (TPSA) is 109 Å². The summed E-state index contributed by atoms with van der Waals surface area (Å²) >= 11 is 3.29. The molecular formula is C26H22BrNO7. The Kier molecular flexibility index (Phi) is 6.97. The molecule has 0 unspecified atom stereocenters. The van der Waals surface area contributed by atoms with Crippen LogP contribution >= 0.6 is 15.9 Å². The van der Waals surface area contributed by atoms with Crippen LogP contribution < -0.4 is 9.47 Å². The van der Waals surface area contributed by atoms with Crippen LogP contribution in [0, 0.1) is 0 Å². The Bertz CT molecular complexity index is 1300. The quantitative estimate of drug-likeness (QED) is 0.180. The molecular weight excluding hydrogens is 518 g/mol. The van der Waals surface area contributed by atoms with Crippen LogP contribution in [0.4, 0.5) is 0 Å². The molecule has 1 aliphatic rings. The number of likely N-dealkylation sites (tertiary alicyclic amines) is 1. The van der Waals surface area contributed by atoms with Crippen molar-refractivity contribution in [1.82, 2.24) is 4.90 Å². The van der Waals surface area contributed by atoms with Gasteiger partial charge in [0.05, 0.1) is 36.0 Å². The number of amides is 1. The molecule has 8 nitrogen and oxygen atoms in total. The van der Waals surface area contributed by atoms with Gasteiger partial charge in [0.1, 0.15) is 23.9 Å². The third kappa shape index (κ3) is 4.67. The summed E-state index contributed by atoms with van der Waals surface area (Å²) in [5.41, 5.74) is 0.687. The monoisotopic (exact) mass is 539 g/mol. The van der Waals surface area contributed by atoms with Crippen LogP contribution in [-0.2, 0) is 16.1 Å². The molecule has 1 fully saturated rings. The number of hydrogen-bond acceptors (Lipinski definition) is 7. The van der Waals surface area contributed by atoms with Crippen molar-refractivity contribution < 1.29 is 33.7 Å². The highest BCUT2D eigenvalue weighted by Gasteiger charge is 2.46. The number of ketones is 1. The number of furan rings is 1. The van der Waals surface area contributed by atoms with Crippen LogP contribution in [0.1, 0.15) is 22.9 Å². The largest absolute Gasteiger partial charge is 0.507 e. The van der Waals surface area contributed by atoms with Gasteiger partial charge in [0.25, 0.3) is 11.7 Å². The number of aliphatic hydroxyl groups is 1. The number of carbonyl (C=O) groups is 2. The van der Waals surface area contributed by atoms with Crippen molar-refractivity contribution in [1.29, 1.82) is 0 Å². The SMILES string of the molecule is C=CCOc1ccc(C(O)=C2C(=O)C(=O)N(Cc3ccco3)[C@H]2c2cc(Br)c(O)c(OC)c2)cc1. The van der Waals surface area contributed by atoms with Crippen LogP contribution in [0.3, 0.4) is 0 Å². The first-order valence-corrected chi connectivity index (χ1v) is 11.4. The van der Waals surface area contributed by atoms with Gasteiger partial charge in [-0.1, -0.05) is 12.7 Å². The molecule has 1 atom stereocenters. The van der Waals surface area contributed by atoms with E-state index in [9.17, 15) is 19.8 Å². The fourth-order valence-electron chi connectivity index (χ4n) is 3.89. The molecule has 35 heavy (non-hydrogen) atoms. The predicted molar refractivity (Wildman–Crippen MR) is 131 cm³/mol. The molecule has 4 rings (SSSR count). The Morgan fingerprint density at radius 2 is 1.97 bits per heavy atom. The number of benzene rings is 2. The minimum Gasteiger partial charge on any atom is -0.507 e. The first kappa shape index (κ1) is 24.2. The summed E-state index contributed by atoms with van der Waals surface area (Å²) in [5.74, 6) is -0.935. The number of nitrogens with zero attached hydrogens (tertiary/aromatic N) is 1. The number of phenols is 1. The van der Waals surface area contributed by atoms with Gasteiger partial charge in [0, 0.05) is 5.56 Å². The number of aromatic hydroxyl groups is 1. The van der Waals surface area contributed by atoms with Gasteiger partial charge in [-0.2, -0.15) is 0 Å². The number of rotatable bonds is 8. The number of ether oxygens (including phenoxy) is 2. The van der Waals surface area contributed by atoms with Crippen molar-refractivity contribution in [2.24, 2.45) is 0 Å². The van der Waals surface area contributed by atoms with E-state index < -0.39 is 17.7 Å². The molecule has 2 N–H and O–H groups in total. The number of phenolic OH excluding ortho intramolecular Hbond substituents is 1. The third-order valence-corrected chi connectivity index (χ3v) is 6.13. The smallest absolute Gasteiger partial charge is 0.296 e. The summed E-state index contributed by atoms with van der Waals surface area (Å²) in [4.78, 5) is 27.6. The maximum Gasteiger partial charge on any atom is 0.296 e. The summed E-state index contributed by atoms with van der Waals surface area (Å²) in [5, 5.41) is 21.5. The lowest BCUT2D eigenvalue weighted by molar-refractivity contribution is -0.140. The maximum atomic E-state index is 13.2. The van der Waals surface area contributed by atoms with E-state index in [-0.39, 0.29) is 29.4 Å². The second-order valence-electron chi connectivity index (χ2n) is 7.68. The fourth-order valence-corrected chi connectivity index (χ4v) is 4.35. The molecule has 0 bridgehead atoms. The molecule has 1 aliphatic heterocycles.